The fourth-order valence-corrected chi connectivity index (χ4v) is 3.00. The van der Waals surface area contributed by atoms with Crippen LogP contribution in [-0.2, 0) is 0 Å². The number of benzene rings is 1. The number of likely N-dealkylation sites (tertiary alicyclic amines) is 1. The predicted octanol–water partition coefficient (Wildman–Crippen LogP) is 3.89. The quantitative estimate of drug-likeness (QED) is 0.868. The zero-order valence-electron chi connectivity index (χ0n) is 12.0. The highest BCUT2D eigenvalue weighted by atomic mass is 19.1. The molecule has 0 spiro atoms. The van der Waals surface area contributed by atoms with E-state index in [1.165, 1.54) is 50.9 Å². The first-order valence-electron chi connectivity index (χ1n) is 7.49. The van der Waals surface area contributed by atoms with E-state index in [0.717, 1.165) is 11.7 Å². The van der Waals surface area contributed by atoms with Gasteiger partial charge in [0.2, 0.25) is 0 Å². The Hall–Kier alpha value is -1.09. The normalized spacial score (nSPS) is 17.9. The summed E-state index contributed by atoms with van der Waals surface area (Å²) < 4.78 is 12.8. The summed E-state index contributed by atoms with van der Waals surface area (Å²) in [5.41, 5.74) is 1.03. The van der Waals surface area contributed by atoms with Gasteiger partial charge in [0.25, 0.3) is 0 Å². The molecule has 0 aliphatic carbocycles. The van der Waals surface area contributed by atoms with E-state index in [0.29, 0.717) is 6.04 Å². The molecular weight excluding hydrogens is 239 g/mol. The summed E-state index contributed by atoms with van der Waals surface area (Å²) in [5, 5.41) is 3.51. The van der Waals surface area contributed by atoms with E-state index < -0.39 is 0 Å². The Kier molecular flexibility index (Phi) is 5.20. The van der Waals surface area contributed by atoms with Gasteiger partial charge in [-0.25, -0.2) is 4.39 Å². The summed E-state index contributed by atoms with van der Waals surface area (Å²) >= 11 is 0. The molecule has 2 nitrogen and oxygen atoms in total. The predicted molar refractivity (Wildman–Crippen MR) is 79.0 cm³/mol. The number of halogens is 1. The minimum atomic E-state index is -0.172. The van der Waals surface area contributed by atoms with E-state index in [9.17, 15) is 4.39 Å². The van der Waals surface area contributed by atoms with Crippen molar-refractivity contribution in [2.75, 3.05) is 18.4 Å². The molecule has 1 aliphatic rings. The van der Waals surface area contributed by atoms with Crippen molar-refractivity contribution in [3.05, 3.63) is 30.1 Å². The molecule has 0 bridgehead atoms. The first-order chi connectivity index (χ1) is 9.22. The van der Waals surface area contributed by atoms with Gasteiger partial charge in [-0.2, -0.15) is 0 Å². The fraction of sp³-hybridized carbons (Fsp3) is 0.625. The van der Waals surface area contributed by atoms with Gasteiger partial charge in [0.05, 0.1) is 0 Å². The van der Waals surface area contributed by atoms with Crippen LogP contribution in [0.4, 0.5) is 10.1 Å². The summed E-state index contributed by atoms with van der Waals surface area (Å²) in [7, 11) is 0. The van der Waals surface area contributed by atoms with Gasteiger partial charge in [-0.15, -0.1) is 0 Å². The fourth-order valence-electron chi connectivity index (χ4n) is 3.00. The lowest BCUT2D eigenvalue weighted by molar-refractivity contribution is 0.149. The van der Waals surface area contributed by atoms with Gasteiger partial charge in [0, 0.05) is 30.9 Å². The Morgan fingerprint density at radius 3 is 2.26 bits per heavy atom. The number of rotatable bonds is 5. The minimum absolute atomic E-state index is 0.172. The number of piperidine rings is 1. The number of hydrogen-bond acceptors (Lipinski definition) is 2. The molecule has 3 heteroatoms. The molecule has 0 unspecified atom stereocenters. The zero-order valence-corrected chi connectivity index (χ0v) is 12.0. The zero-order chi connectivity index (χ0) is 13.7. The van der Waals surface area contributed by atoms with Crippen molar-refractivity contribution < 1.29 is 4.39 Å². The van der Waals surface area contributed by atoms with Crippen molar-refractivity contribution in [3.63, 3.8) is 0 Å². The monoisotopic (exact) mass is 264 g/mol. The molecule has 0 atom stereocenters. The maximum atomic E-state index is 12.8. The maximum absolute atomic E-state index is 12.8. The van der Waals surface area contributed by atoms with Crippen molar-refractivity contribution >= 4 is 5.69 Å². The Bertz CT molecular complexity index is 365. The Morgan fingerprint density at radius 1 is 1.16 bits per heavy atom. The van der Waals surface area contributed by atoms with Gasteiger partial charge in [0.1, 0.15) is 5.82 Å². The Morgan fingerprint density at radius 2 is 1.74 bits per heavy atom. The van der Waals surface area contributed by atoms with Crippen molar-refractivity contribution in [1.82, 2.24) is 4.90 Å². The molecule has 1 aliphatic heterocycles. The molecule has 0 saturated carbocycles. The van der Waals surface area contributed by atoms with E-state index in [2.05, 4.69) is 24.1 Å². The average Bonchev–Trinajstić information content (AvgIpc) is 2.44. The smallest absolute Gasteiger partial charge is 0.123 e. The van der Waals surface area contributed by atoms with Gasteiger partial charge in [-0.3, -0.25) is 0 Å². The molecule has 2 rings (SSSR count). The van der Waals surface area contributed by atoms with E-state index in [1.54, 1.807) is 0 Å². The van der Waals surface area contributed by atoms with Crippen LogP contribution in [0.15, 0.2) is 24.3 Å². The lowest BCUT2D eigenvalue weighted by Gasteiger charge is -2.37. The largest absolute Gasteiger partial charge is 0.382 e. The lowest BCUT2D eigenvalue weighted by atomic mass is 10.0. The Labute approximate surface area is 116 Å². The lowest BCUT2D eigenvalue weighted by Crippen LogP contribution is -2.44. The number of nitrogens with zero attached hydrogens (tertiary/aromatic N) is 1. The maximum Gasteiger partial charge on any atom is 0.123 e. The van der Waals surface area contributed by atoms with Gasteiger partial charge in [-0.1, -0.05) is 13.8 Å². The molecule has 1 N–H and O–H groups in total. The molecular formula is C16H25FN2. The summed E-state index contributed by atoms with van der Waals surface area (Å²) in [6.07, 6.45) is 4.83. The van der Waals surface area contributed by atoms with Gasteiger partial charge in [0.15, 0.2) is 0 Å². The summed E-state index contributed by atoms with van der Waals surface area (Å²) in [6, 6.07) is 7.94. The molecule has 1 aromatic rings. The van der Waals surface area contributed by atoms with Crippen LogP contribution in [0.25, 0.3) is 0 Å². The highest BCUT2D eigenvalue weighted by Crippen LogP contribution is 2.20. The van der Waals surface area contributed by atoms with Crippen molar-refractivity contribution in [3.8, 4) is 0 Å². The first-order valence-corrected chi connectivity index (χ1v) is 7.49. The highest BCUT2D eigenvalue weighted by Gasteiger charge is 2.22. The molecule has 0 aromatic heterocycles. The molecule has 0 radical (unpaired) electrons. The molecule has 19 heavy (non-hydrogen) atoms. The van der Waals surface area contributed by atoms with Crippen LogP contribution < -0.4 is 5.32 Å². The molecule has 1 saturated heterocycles. The van der Waals surface area contributed by atoms with Crippen LogP contribution in [0.2, 0.25) is 0 Å². The Balaban J connectivity index is 1.81. The van der Waals surface area contributed by atoms with E-state index in [-0.39, 0.29) is 5.82 Å². The average molecular weight is 264 g/mol. The number of nitrogens with one attached hydrogen (secondary N) is 1. The van der Waals surface area contributed by atoms with Crippen LogP contribution in [0.1, 0.15) is 39.5 Å². The molecule has 0 amide bonds. The molecule has 1 heterocycles. The summed E-state index contributed by atoms with van der Waals surface area (Å²) in [6.45, 7) is 6.89. The second kappa shape index (κ2) is 6.90. The summed E-state index contributed by atoms with van der Waals surface area (Å²) in [5.74, 6) is -0.172. The number of hydrogen-bond donors (Lipinski definition) is 1. The third kappa shape index (κ3) is 3.93. The molecule has 1 aromatic carbocycles. The van der Waals surface area contributed by atoms with Crippen molar-refractivity contribution in [1.29, 1.82) is 0 Å². The second-order valence-corrected chi connectivity index (χ2v) is 5.43. The molecule has 106 valence electrons. The van der Waals surface area contributed by atoms with Crippen LogP contribution >= 0.6 is 0 Å². The summed E-state index contributed by atoms with van der Waals surface area (Å²) in [4.78, 5) is 2.61. The standard InChI is InChI=1S/C16H25FN2/c1-3-16(4-2)19-11-9-15(10-12-19)18-14-7-5-13(17)6-8-14/h5-8,15-16,18H,3-4,9-12H2,1-2H3. The van der Waals surface area contributed by atoms with E-state index in [1.807, 2.05) is 12.1 Å². The molecule has 1 fully saturated rings. The van der Waals surface area contributed by atoms with Gasteiger partial charge >= 0.3 is 0 Å². The highest BCUT2D eigenvalue weighted by molar-refractivity contribution is 5.43. The third-order valence-corrected chi connectivity index (χ3v) is 4.20. The van der Waals surface area contributed by atoms with Crippen LogP contribution in [0, 0.1) is 5.82 Å². The van der Waals surface area contributed by atoms with E-state index in [4.69, 9.17) is 0 Å². The SMILES string of the molecule is CCC(CC)N1CCC(Nc2ccc(F)cc2)CC1. The van der Waals surface area contributed by atoms with Gasteiger partial charge < -0.3 is 10.2 Å². The van der Waals surface area contributed by atoms with Crippen LogP contribution in [0.5, 0.6) is 0 Å². The first kappa shape index (κ1) is 14.3. The number of anilines is 1. The van der Waals surface area contributed by atoms with Crippen molar-refractivity contribution in [2.45, 2.75) is 51.6 Å². The minimum Gasteiger partial charge on any atom is -0.382 e. The van der Waals surface area contributed by atoms with Gasteiger partial charge in [-0.05, 0) is 49.9 Å². The second-order valence-electron chi connectivity index (χ2n) is 5.43. The van der Waals surface area contributed by atoms with Crippen LogP contribution in [-0.4, -0.2) is 30.1 Å². The van der Waals surface area contributed by atoms with Crippen LogP contribution in [0.3, 0.4) is 0 Å². The van der Waals surface area contributed by atoms with E-state index >= 15 is 0 Å². The third-order valence-electron chi connectivity index (χ3n) is 4.20. The topological polar surface area (TPSA) is 15.3 Å². The van der Waals surface area contributed by atoms with Crippen molar-refractivity contribution in [2.24, 2.45) is 0 Å².